The first-order valence-electron chi connectivity index (χ1n) is 9.06. The Hall–Kier alpha value is -2.88. The molecule has 0 saturated heterocycles. The number of pyridine rings is 1. The molecule has 0 N–H and O–H groups in total. The third-order valence-corrected chi connectivity index (χ3v) is 4.95. The zero-order valence-electron chi connectivity index (χ0n) is 16.9. The van der Waals surface area contributed by atoms with Crippen molar-refractivity contribution in [2.24, 2.45) is 0 Å². The molecule has 4 heteroatoms. The molecule has 0 atom stereocenters. The topological polar surface area (TPSA) is 42.4 Å². The highest BCUT2D eigenvalue weighted by atomic mass is 16.5. The van der Waals surface area contributed by atoms with E-state index in [-0.39, 0.29) is 5.91 Å². The van der Waals surface area contributed by atoms with Gasteiger partial charge in [-0.3, -0.25) is 4.79 Å². The molecular formula is C23H26N2O2. The molecule has 0 unspecified atom stereocenters. The van der Waals surface area contributed by atoms with E-state index in [1.807, 2.05) is 19.1 Å². The van der Waals surface area contributed by atoms with Gasteiger partial charge in [-0.2, -0.15) is 0 Å². The fourth-order valence-electron chi connectivity index (χ4n) is 3.31. The summed E-state index contributed by atoms with van der Waals surface area (Å²) in [6.07, 6.45) is 0.383. The monoisotopic (exact) mass is 362 g/mol. The Morgan fingerprint density at radius 2 is 1.74 bits per heavy atom. The first kappa shape index (κ1) is 18.9. The zero-order chi connectivity index (χ0) is 19.7. The molecule has 0 aliphatic rings. The van der Waals surface area contributed by atoms with Crippen LogP contribution >= 0.6 is 0 Å². The minimum Gasteiger partial charge on any atom is -0.496 e. The Bertz CT molecular complexity index is 1020. The van der Waals surface area contributed by atoms with Gasteiger partial charge in [-0.05, 0) is 67.3 Å². The van der Waals surface area contributed by atoms with Crippen molar-refractivity contribution in [3.8, 4) is 17.0 Å². The van der Waals surface area contributed by atoms with Crippen molar-refractivity contribution in [1.29, 1.82) is 0 Å². The van der Waals surface area contributed by atoms with Crippen LogP contribution in [0.5, 0.6) is 5.75 Å². The molecular weight excluding hydrogens is 336 g/mol. The molecule has 140 valence electrons. The van der Waals surface area contributed by atoms with E-state index in [2.05, 4.69) is 38.1 Å². The summed E-state index contributed by atoms with van der Waals surface area (Å²) in [5.74, 6) is 0.974. The number of likely N-dealkylation sites (N-methyl/N-ethyl adjacent to an activating group) is 1. The van der Waals surface area contributed by atoms with E-state index >= 15 is 0 Å². The van der Waals surface area contributed by atoms with Crippen LogP contribution in [0.2, 0.25) is 0 Å². The van der Waals surface area contributed by atoms with Crippen molar-refractivity contribution >= 4 is 16.8 Å². The number of carbonyl (C=O) groups excluding carboxylic acids is 1. The molecule has 3 aromatic rings. The molecule has 0 fully saturated rings. The quantitative estimate of drug-likeness (QED) is 0.688. The minimum absolute atomic E-state index is 0.0869. The first-order valence-corrected chi connectivity index (χ1v) is 9.06. The number of fused-ring (bicyclic) bond motifs is 1. The van der Waals surface area contributed by atoms with E-state index in [0.717, 1.165) is 44.6 Å². The lowest BCUT2D eigenvalue weighted by molar-refractivity contribution is -0.127. The van der Waals surface area contributed by atoms with Crippen LogP contribution in [0, 0.1) is 20.8 Å². The van der Waals surface area contributed by atoms with Gasteiger partial charge in [0.15, 0.2) is 0 Å². The zero-order valence-corrected chi connectivity index (χ0v) is 16.9. The normalized spacial score (nSPS) is 10.9. The number of nitrogens with zero attached hydrogens (tertiary/aromatic N) is 2. The molecule has 0 radical (unpaired) electrons. The second kappa shape index (κ2) is 7.39. The molecule has 0 aliphatic carbocycles. The van der Waals surface area contributed by atoms with Crippen molar-refractivity contribution < 1.29 is 9.53 Å². The van der Waals surface area contributed by atoms with Crippen molar-refractivity contribution in [2.45, 2.75) is 27.2 Å². The minimum atomic E-state index is 0.0869. The van der Waals surface area contributed by atoms with Crippen molar-refractivity contribution in [1.82, 2.24) is 9.88 Å². The smallest absolute Gasteiger partial charge is 0.226 e. The lowest BCUT2D eigenvalue weighted by Gasteiger charge is -2.14. The Labute approximate surface area is 160 Å². The van der Waals surface area contributed by atoms with Crippen molar-refractivity contribution in [3.63, 3.8) is 0 Å². The van der Waals surface area contributed by atoms with Crippen molar-refractivity contribution in [3.05, 3.63) is 58.7 Å². The maximum Gasteiger partial charge on any atom is 0.226 e. The van der Waals surface area contributed by atoms with Crippen LogP contribution in [-0.2, 0) is 11.2 Å². The van der Waals surface area contributed by atoms with Crippen LogP contribution in [0.4, 0.5) is 0 Å². The molecule has 27 heavy (non-hydrogen) atoms. The predicted octanol–water partition coefficient (Wildman–Crippen LogP) is 4.47. The molecule has 2 aromatic carbocycles. The molecule has 4 nitrogen and oxygen atoms in total. The van der Waals surface area contributed by atoms with Gasteiger partial charge in [-0.1, -0.05) is 12.1 Å². The van der Waals surface area contributed by atoms with Gasteiger partial charge in [0.25, 0.3) is 0 Å². The highest BCUT2D eigenvalue weighted by Gasteiger charge is 2.12. The second-order valence-corrected chi connectivity index (χ2v) is 7.28. The van der Waals surface area contributed by atoms with E-state index in [1.54, 1.807) is 26.1 Å². The standard InChI is InChI=1S/C23H26N2O2/c1-14-10-20(19-9-16(3)22(27-6)11-15(19)2)24-21-12-17(7-8-18(14)21)13-23(26)25(4)5/h7-12H,13H2,1-6H3. The molecule has 0 saturated carbocycles. The summed E-state index contributed by atoms with van der Waals surface area (Å²) in [6, 6.07) is 12.4. The predicted molar refractivity (Wildman–Crippen MR) is 110 cm³/mol. The third kappa shape index (κ3) is 3.80. The van der Waals surface area contributed by atoms with Crippen LogP contribution in [0.1, 0.15) is 22.3 Å². The number of hydrogen-bond donors (Lipinski definition) is 0. The molecule has 1 heterocycles. The summed E-state index contributed by atoms with van der Waals surface area (Å²) in [5.41, 5.74) is 7.33. The Morgan fingerprint density at radius 1 is 1.00 bits per heavy atom. The summed E-state index contributed by atoms with van der Waals surface area (Å²) in [4.78, 5) is 18.6. The maximum absolute atomic E-state index is 12.0. The summed E-state index contributed by atoms with van der Waals surface area (Å²) in [5, 5.41) is 1.11. The number of amides is 1. The fraction of sp³-hybridized carbons (Fsp3) is 0.304. The molecule has 1 amide bonds. The van der Waals surface area contributed by atoms with E-state index in [9.17, 15) is 4.79 Å². The second-order valence-electron chi connectivity index (χ2n) is 7.28. The first-order chi connectivity index (χ1) is 12.8. The average Bonchev–Trinajstić information content (AvgIpc) is 2.62. The van der Waals surface area contributed by atoms with Crippen LogP contribution in [0.3, 0.4) is 0 Å². The van der Waals surface area contributed by atoms with Crippen molar-refractivity contribution in [2.75, 3.05) is 21.2 Å². The largest absolute Gasteiger partial charge is 0.496 e. The lowest BCUT2D eigenvalue weighted by Crippen LogP contribution is -2.23. The Morgan fingerprint density at radius 3 is 2.41 bits per heavy atom. The maximum atomic E-state index is 12.0. The number of ether oxygens (including phenoxy) is 1. The van der Waals surface area contributed by atoms with E-state index in [4.69, 9.17) is 9.72 Å². The van der Waals surface area contributed by atoms with Gasteiger partial charge in [0, 0.05) is 25.0 Å². The van der Waals surface area contributed by atoms with Gasteiger partial charge >= 0.3 is 0 Å². The summed E-state index contributed by atoms with van der Waals surface area (Å²) in [6.45, 7) is 6.22. The lowest BCUT2D eigenvalue weighted by atomic mass is 9.98. The van der Waals surface area contributed by atoms with Crippen LogP contribution < -0.4 is 4.74 Å². The number of aromatic nitrogens is 1. The average molecular weight is 362 g/mol. The summed E-state index contributed by atoms with van der Waals surface area (Å²) >= 11 is 0. The number of rotatable bonds is 4. The van der Waals surface area contributed by atoms with Crippen LogP contribution in [0.15, 0.2) is 36.4 Å². The van der Waals surface area contributed by atoms with Crippen LogP contribution in [-0.4, -0.2) is 37.0 Å². The van der Waals surface area contributed by atoms with Gasteiger partial charge in [-0.25, -0.2) is 4.98 Å². The third-order valence-electron chi connectivity index (χ3n) is 4.95. The van der Waals surface area contributed by atoms with Gasteiger partial charge in [0.1, 0.15) is 5.75 Å². The number of benzene rings is 2. The molecule has 1 aromatic heterocycles. The Kier molecular flexibility index (Phi) is 5.17. The van der Waals surface area contributed by atoms with E-state index < -0.39 is 0 Å². The molecule has 3 rings (SSSR count). The summed E-state index contributed by atoms with van der Waals surface area (Å²) < 4.78 is 5.43. The molecule has 0 spiro atoms. The fourth-order valence-corrected chi connectivity index (χ4v) is 3.31. The van der Waals surface area contributed by atoms with Gasteiger partial charge in [0.05, 0.1) is 24.7 Å². The number of methoxy groups -OCH3 is 1. The highest BCUT2D eigenvalue weighted by molar-refractivity contribution is 5.87. The van der Waals surface area contributed by atoms with E-state index in [1.165, 1.54) is 5.56 Å². The van der Waals surface area contributed by atoms with Gasteiger partial charge < -0.3 is 9.64 Å². The Balaban J connectivity index is 2.10. The molecule has 0 aliphatic heterocycles. The number of carbonyl (C=O) groups is 1. The van der Waals surface area contributed by atoms with Crippen LogP contribution in [0.25, 0.3) is 22.2 Å². The SMILES string of the molecule is COc1cc(C)c(-c2cc(C)c3ccc(CC(=O)N(C)C)cc3n2)cc1C. The van der Waals surface area contributed by atoms with Gasteiger partial charge in [0.2, 0.25) is 5.91 Å². The van der Waals surface area contributed by atoms with E-state index in [0.29, 0.717) is 6.42 Å². The number of hydrogen-bond acceptors (Lipinski definition) is 3. The highest BCUT2D eigenvalue weighted by Crippen LogP contribution is 2.31. The number of aryl methyl sites for hydroxylation is 3. The van der Waals surface area contributed by atoms with Gasteiger partial charge in [-0.15, -0.1) is 0 Å². The molecule has 0 bridgehead atoms. The summed E-state index contributed by atoms with van der Waals surface area (Å²) in [7, 11) is 5.24.